The highest BCUT2D eigenvalue weighted by Crippen LogP contribution is 2.27. The fraction of sp³-hybridized carbons (Fsp3) is 0.0833. The standard InChI is InChI=1S/C24H19ClN4O4/c1-26-22(30)15-5-3-14(4-6-15)19-13-27-29-10-9-16(11-21(19)29)23(31)28(2)17-7-8-20(25)18(12-17)24(32)33/h3-13H,1-2H3,(H,26,30)(H,32,33). The lowest BCUT2D eigenvalue weighted by molar-refractivity contribution is 0.0696. The largest absolute Gasteiger partial charge is 0.478 e. The van der Waals surface area contributed by atoms with Gasteiger partial charge in [0, 0.05) is 42.7 Å². The SMILES string of the molecule is CNC(=O)c1ccc(-c2cnn3ccc(C(=O)N(C)c4ccc(Cl)c(C(=O)O)c4)cc23)cc1. The smallest absolute Gasteiger partial charge is 0.337 e. The van der Waals surface area contributed by atoms with Crippen LogP contribution < -0.4 is 10.2 Å². The molecule has 0 saturated heterocycles. The van der Waals surface area contributed by atoms with E-state index in [0.29, 0.717) is 22.3 Å². The number of aromatic nitrogens is 2. The molecule has 2 aromatic carbocycles. The number of anilines is 1. The summed E-state index contributed by atoms with van der Waals surface area (Å²) in [6, 6.07) is 14.9. The number of nitrogens with one attached hydrogen (secondary N) is 1. The van der Waals surface area contributed by atoms with Crippen molar-refractivity contribution in [3.63, 3.8) is 0 Å². The Balaban J connectivity index is 1.68. The Hall–Kier alpha value is -4.17. The van der Waals surface area contributed by atoms with E-state index in [1.807, 2.05) is 12.1 Å². The summed E-state index contributed by atoms with van der Waals surface area (Å²) in [4.78, 5) is 37.7. The van der Waals surface area contributed by atoms with Gasteiger partial charge in [-0.25, -0.2) is 9.31 Å². The van der Waals surface area contributed by atoms with Crippen LogP contribution in [0.5, 0.6) is 0 Å². The molecule has 0 unspecified atom stereocenters. The Kier molecular flexibility index (Phi) is 5.85. The van der Waals surface area contributed by atoms with E-state index in [-0.39, 0.29) is 22.4 Å². The molecule has 4 rings (SSSR count). The highest BCUT2D eigenvalue weighted by atomic mass is 35.5. The second-order valence-electron chi connectivity index (χ2n) is 7.29. The highest BCUT2D eigenvalue weighted by molar-refractivity contribution is 6.33. The van der Waals surface area contributed by atoms with E-state index in [0.717, 1.165) is 11.1 Å². The number of halogens is 1. The molecular weight excluding hydrogens is 444 g/mol. The number of amides is 2. The van der Waals surface area contributed by atoms with Gasteiger partial charge in [-0.15, -0.1) is 0 Å². The first-order valence-corrected chi connectivity index (χ1v) is 10.3. The number of carbonyl (C=O) groups excluding carboxylic acids is 2. The van der Waals surface area contributed by atoms with Crippen LogP contribution in [0, 0.1) is 0 Å². The molecule has 8 nitrogen and oxygen atoms in total. The molecule has 0 saturated carbocycles. The lowest BCUT2D eigenvalue weighted by Crippen LogP contribution is -2.26. The molecule has 0 spiro atoms. The summed E-state index contributed by atoms with van der Waals surface area (Å²) in [6.07, 6.45) is 3.38. The summed E-state index contributed by atoms with van der Waals surface area (Å²) in [5.41, 5.74) is 3.63. The molecule has 0 aliphatic heterocycles. The molecule has 2 heterocycles. The zero-order chi connectivity index (χ0) is 23.7. The van der Waals surface area contributed by atoms with Gasteiger partial charge in [-0.2, -0.15) is 5.10 Å². The molecule has 0 radical (unpaired) electrons. The number of aromatic carboxylic acids is 1. The molecule has 4 aromatic rings. The van der Waals surface area contributed by atoms with Crippen LogP contribution in [0.1, 0.15) is 31.1 Å². The number of hydrogen-bond acceptors (Lipinski definition) is 4. The second kappa shape index (κ2) is 8.76. The second-order valence-corrected chi connectivity index (χ2v) is 7.70. The van der Waals surface area contributed by atoms with Crippen LogP contribution in [-0.4, -0.2) is 46.6 Å². The maximum atomic E-state index is 13.1. The first-order chi connectivity index (χ1) is 15.8. The van der Waals surface area contributed by atoms with Crippen LogP contribution in [0.4, 0.5) is 5.69 Å². The molecule has 2 N–H and O–H groups in total. The Bertz CT molecular complexity index is 1400. The summed E-state index contributed by atoms with van der Waals surface area (Å²) in [6.45, 7) is 0. The average Bonchev–Trinajstić information content (AvgIpc) is 3.26. The predicted molar refractivity (Wildman–Crippen MR) is 125 cm³/mol. The lowest BCUT2D eigenvalue weighted by Gasteiger charge is -2.18. The number of rotatable bonds is 5. The zero-order valence-electron chi connectivity index (χ0n) is 17.7. The minimum atomic E-state index is -1.17. The fourth-order valence-electron chi connectivity index (χ4n) is 3.48. The van der Waals surface area contributed by atoms with Gasteiger partial charge in [0.1, 0.15) is 0 Å². The van der Waals surface area contributed by atoms with E-state index < -0.39 is 5.97 Å². The molecule has 9 heteroatoms. The molecule has 0 atom stereocenters. The maximum Gasteiger partial charge on any atom is 0.337 e. The zero-order valence-corrected chi connectivity index (χ0v) is 18.5. The van der Waals surface area contributed by atoms with E-state index in [4.69, 9.17) is 11.6 Å². The number of carboxylic acid groups (broad SMARTS) is 1. The van der Waals surface area contributed by atoms with Crippen molar-refractivity contribution in [1.82, 2.24) is 14.9 Å². The van der Waals surface area contributed by atoms with Crippen LogP contribution in [0.25, 0.3) is 16.6 Å². The Morgan fingerprint density at radius 2 is 1.76 bits per heavy atom. The third-order valence-corrected chi connectivity index (χ3v) is 5.66. The van der Waals surface area contributed by atoms with Crippen LogP contribution in [0.15, 0.2) is 67.0 Å². The van der Waals surface area contributed by atoms with Gasteiger partial charge in [-0.1, -0.05) is 23.7 Å². The van der Waals surface area contributed by atoms with Crippen molar-refractivity contribution in [3.8, 4) is 11.1 Å². The summed E-state index contributed by atoms with van der Waals surface area (Å²) in [5, 5.41) is 16.3. The van der Waals surface area contributed by atoms with E-state index in [2.05, 4.69) is 10.4 Å². The molecule has 2 aromatic heterocycles. The van der Waals surface area contributed by atoms with Crippen molar-refractivity contribution in [2.24, 2.45) is 0 Å². The number of pyridine rings is 1. The maximum absolute atomic E-state index is 13.1. The number of carbonyl (C=O) groups is 3. The van der Waals surface area contributed by atoms with Gasteiger partial charge in [0.15, 0.2) is 0 Å². The normalized spacial score (nSPS) is 10.8. The fourth-order valence-corrected chi connectivity index (χ4v) is 3.68. The molecule has 33 heavy (non-hydrogen) atoms. The minimum absolute atomic E-state index is 0.0810. The van der Waals surface area contributed by atoms with Crippen LogP contribution >= 0.6 is 11.6 Å². The van der Waals surface area contributed by atoms with Crippen molar-refractivity contribution in [2.75, 3.05) is 19.0 Å². The summed E-state index contributed by atoms with van der Waals surface area (Å²) >= 11 is 5.94. The summed E-state index contributed by atoms with van der Waals surface area (Å²) in [7, 11) is 3.14. The first kappa shape index (κ1) is 22.0. The van der Waals surface area contributed by atoms with E-state index >= 15 is 0 Å². The molecule has 0 bridgehead atoms. The number of benzene rings is 2. The molecule has 166 valence electrons. The Labute approximate surface area is 194 Å². The van der Waals surface area contributed by atoms with Gasteiger partial charge >= 0.3 is 5.97 Å². The molecule has 0 aliphatic rings. The van der Waals surface area contributed by atoms with Gasteiger partial charge < -0.3 is 15.3 Å². The predicted octanol–water partition coefficient (Wildman–Crippen LogP) is 3.99. The van der Waals surface area contributed by atoms with E-state index in [1.165, 1.54) is 17.0 Å². The number of carboxylic acids is 1. The van der Waals surface area contributed by atoms with E-state index in [1.54, 1.807) is 61.3 Å². The van der Waals surface area contributed by atoms with Crippen molar-refractivity contribution in [2.45, 2.75) is 0 Å². The topological polar surface area (TPSA) is 104 Å². The number of hydrogen-bond donors (Lipinski definition) is 2. The van der Waals surface area contributed by atoms with Crippen LogP contribution in [0.2, 0.25) is 5.02 Å². The lowest BCUT2D eigenvalue weighted by atomic mass is 10.0. The van der Waals surface area contributed by atoms with Gasteiger partial charge in [0.2, 0.25) is 0 Å². The average molecular weight is 463 g/mol. The number of fused-ring (bicyclic) bond motifs is 1. The van der Waals surface area contributed by atoms with Gasteiger partial charge in [-0.05, 0) is 48.0 Å². The van der Waals surface area contributed by atoms with Gasteiger partial charge in [0.05, 0.1) is 22.3 Å². The third kappa shape index (κ3) is 4.16. The Morgan fingerprint density at radius 3 is 2.42 bits per heavy atom. The third-order valence-electron chi connectivity index (χ3n) is 5.33. The molecular formula is C24H19ClN4O4. The quantitative estimate of drug-likeness (QED) is 0.466. The molecule has 0 fully saturated rings. The van der Waals surface area contributed by atoms with Gasteiger partial charge in [0.25, 0.3) is 11.8 Å². The van der Waals surface area contributed by atoms with Gasteiger partial charge in [-0.3, -0.25) is 9.59 Å². The van der Waals surface area contributed by atoms with Crippen LogP contribution in [-0.2, 0) is 0 Å². The monoisotopic (exact) mass is 462 g/mol. The minimum Gasteiger partial charge on any atom is -0.478 e. The van der Waals surface area contributed by atoms with Crippen molar-refractivity contribution in [1.29, 1.82) is 0 Å². The van der Waals surface area contributed by atoms with Crippen molar-refractivity contribution in [3.05, 3.63) is 88.7 Å². The summed E-state index contributed by atoms with van der Waals surface area (Å²) < 4.78 is 1.66. The number of nitrogens with zero attached hydrogens (tertiary/aromatic N) is 3. The van der Waals surface area contributed by atoms with Crippen molar-refractivity contribution >= 4 is 40.6 Å². The van der Waals surface area contributed by atoms with E-state index in [9.17, 15) is 19.5 Å². The molecule has 2 amide bonds. The summed E-state index contributed by atoms with van der Waals surface area (Å²) in [5.74, 6) is -1.67. The highest BCUT2D eigenvalue weighted by Gasteiger charge is 2.18. The van der Waals surface area contributed by atoms with Crippen LogP contribution in [0.3, 0.4) is 0 Å². The molecule has 0 aliphatic carbocycles. The van der Waals surface area contributed by atoms with Crippen molar-refractivity contribution < 1.29 is 19.5 Å². The first-order valence-electron chi connectivity index (χ1n) is 9.91. The Morgan fingerprint density at radius 1 is 1.03 bits per heavy atom.